The Labute approximate surface area is 204 Å². The summed E-state index contributed by atoms with van der Waals surface area (Å²) in [7, 11) is 0. The number of esters is 2. The van der Waals surface area contributed by atoms with Crippen molar-refractivity contribution in [1.29, 1.82) is 0 Å². The van der Waals surface area contributed by atoms with Crippen molar-refractivity contribution in [2.24, 2.45) is 5.92 Å². The zero-order valence-corrected chi connectivity index (χ0v) is 19.8. The highest BCUT2D eigenvalue weighted by atomic mass is 16.7. The van der Waals surface area contributed by atoms with Crippen LogP contribution in [-0.4, -0.2) is 37.9 Å². The molecule has 184 valence electrons. The first-order valence-electron chi connectivity index (χ1n) is 11.1. The molecule has 0 saturated carbocycles. The minimum absolute atomic E-state index is 0.122. The van der Waals surface area contributed by atoms with Crippen LogP contribution < -0.4 is 14.2 Å². The number of cyclic esters (lactones) is 2. The number of hydrogen-bond donors (Lipinski definition) is 0. The van der Waals surface area contributed by atoms with Gasteiger partial charge in [-0.1, -0.05) is 31.4 Å². The fourth-order valence-corrected chi connectivity index (χ4v) is 3.17. The van der Waals surface area contributed by atoms with E-state index in [1.165, 1.54) is 0 Å². The van der Waals surface area contributed by atoms with Crippen LogP contribution in [0.15, 0.2) is 66.8 Å². The third-order valence-corrected chi connectivity index (χ3v) is 5.13. The highest BCUT2D eigenvalue weighted by Gasteiger charge is 2.21. The molecule has 0 aromatic heterocycles. The van der Waals surface area contributed by atoms with Crippen LogP contribution >= 0.6 is 0 Å². The van der Waals surface area contributed by atoms with Gasteiger partial charge in [-0.2, -0.15) is 0 Å². The van der Waals surface area contributed by atoms with E-state index in [1.54, 1.807) is 50.2 Å². The van der Waals surface area contributed by atoms with E-state index >= 15 is 0 Å². The van der Waals surface area contributed by atoms with Crippen LogP contribution in [0.25, 0.3) is 11.1 Å². The van der Waals surface area contributed by atoms with Gasteiger partial charge in [0.25, 0.3) is 0 Å². The lowest BCUT2D eigenvalue weighted by Crippen LogP contribution is -2.27. The summed E-state index contributed by atoms with van der Waals surface area (Å²) in [5, 5.41) is 0. The van der Waals surface area contributed by atoms with E-state index in [-0.39, 0.29) is 17.2 Å². The molecule has 8 nitrogen and oxygen atoms in total. The smallest absolute Gasteiger partial charge is 0.490 e. The molecule has 1 aliphatic rings. The zero-order chi connectivity index (χ0) is 25.4. The molecule has 35 heavy (non-hydrogen) atoms. The van der Waals surface area contributed by atoms with Crippen molar-refractivity contribution in [2.45, 2.75) is 26.7 Å². The molecule has 1 fully saturated rings. The fourth-order valence-electron chi connectivity index (χ4n) is 3.17. The highest BCUT2D eigenvalue weighted by molar-refractivity contribution is 5.90. The summed E-state index contributed by atoms with van der Waals surface area (Å²) in [5.41, 5.74) is 2.17. The lowest BCUT2D eigenvalue weighted by molar-refractivity contribution is -0.131. The summed E-state index contributed by atoms with van der Waals surface area (Å²) in [5.74, 6) is 0.149. The van der Waals surface area contributed by atoms with Gasteiger partial charge in [0.2, 0.25) is 0 Å². The topological polar surface area (TPSA) is 97.4 Å². The first-order valence-corrected chi connectivity index (χ1v) is 11.1. The first-order chi connectivity index (χ1) is 16.7. The summed E-state index contributed by atoms with van der Waals surface area (Å²) >= 11 is 0. The van der Waals surface area contributed by atoms with Crippen LogP contribution in [0.3, 0.4) is 0 Å². The molecule has 2 aromatic carbocycles. The highest BCUT2D eigenvalue weighted by Crippen LogP contribution is 2.34. The van der Waals surface area contributed by atoms with Crippen LogP contribution in [0.5, 0.6) is 17.2 Å². The second kappa shape index (κ2) is 11.9. The number of rotatable bonds is 10. The molecular formula is C27H28O8. The average molecular weight is 481 g/mol. The number of benzene rings is 2. The Bertz CT molecular complexity index is 1110. The first kappa shape index (κ1) is 25.6. The average Bonchev–Trinajstić information content (AvgIpc) is 2.84. The maximum atomic E-state index is 12.2. The van der Waals surface area contributed by atoms with Crippen molar-refractivity contribution in [3.8, 4) is 28.4 Å². The van der Waals surface area contributed by atoms with Gasteiger partial charge >= 0.3 is 18.1 Å². The SMILES string of the molecule is C=C(C)C(=O)Oc1ccc(-c2ccc(OCCCC3COC(=O)OC3)c(OC(=O)C(=C)C)c2)cc1. The van der Waals surface area contributed by atoms with Crippen LogP contribution in [0, 0.1) is 5.92 Å². The molecular weight excluding hydrogens is 452 g/mol. The minimum atomic E-state index is -0.635. The second-order valence-corrected chi connectivity index (χ2v) is 8.25. The van der Waals surface area contributed by atoms with E-state index in [0.29, 0.717) is 43.3 Å². The maximum absolute atomic E-state index is 12.2. The van der Waals surface area contributed by atoms with Gasteiger partial charge in [0, 0.05) is 17.1 Å². The standard InChI is InChI=1S/C27H28O8/c1-17(2)25(28)34-22-10-7-20(8-11-22)21-9-12-23(24(14-21)35-26(29)18(3)4)31-13-5-6-19-15-32-27(30)33-16-19/h7-12,14,19H,1,3,5-6,13,15-16H2,2,4H3. The molecule has 0 unspecified atom stereocenters. The van der Waals surface area contributed by atoms with Gasteiger partial charge in [0.15, 0.2) is 11.5 Å². The Morgan fingerprint density at radius 3 is 2.11 bits per heavy atom. The molecule has 2 aromatic rings. The Kier molecular flexibility index (Phi) is 8.67. The summed E-state index contributed by atoms with van der Waals surface area (Å²) < 4.78 is 26.4. The molecule has 1 heterocycles. The van der Waals surface area contributed by atoms with Crippen molar-refractivity contribution in [3.63, 3.8) is 0 Å². The molecule has 0 amide bonds. The molecule has 1 saturated heterocycles. The largest absolute Gasteiger partial charge is 0.508 e. The van der Waals surface area contributed by atoms with Crippen molar-refractivity contribution in [2.75, 3.05) is 19.8 Å². The summed E-state index contributed by atoms with van der Waals surface area (Å²) in [4.78, 5) is 34.9. The van der Waals surface area contributed by atoms with E-state index in [9.17, 15) is 14.4 Å². The predicted molar refractivity (Wildman–Crippen MR) is 128 cm³/mol. The number of hydrogen-bond acceptors (Lipinski definition) is 8. The molecule has 1 aliphatic heterocycles. The third-order valence-electron chi connectivity index (χ3n) is 5.13. The molecule has 0 bridgehead atoms. The Hall–Kier alpha value is -4.07. The van der Waals surface area contributed by atoms with Gasteiger partial charge in [-0.05, 0) is 62.1 Å². The number of carbonyl (C=O) groups excluding carboxylic acids is 3. The second-order valence-electron chi connectivity index (χ2n) is 8.25. The van der Waals surface area contributed by atoms with Crippen molar-refractivity contribution >= 4 is 18.1 Å². The van der Waals surface area contributed by atoms with Crippen LogP contribution in [0.2, 0.25) is 0 Å². The van der Waals surface area contributed by atoms with Crippen molar-refractivity contribution < 1.29 is 38.1 Å². The zero-order valence-electron chi connectivity index (χ0n) is 19.8. The van der Waals surface area contributed by atoms with E-state index in [2.05, 4.69) is 13.2 Å². The number of carbonyl (C=O) groups is 3. The van der Waals surface area contributed by atoms with E-state index < -0.39 is 18.1 Å². The van der Waals surface area contributed by atoms with Crippen LogP contribution in [0.1, 0.15) is 26.7 Å². The summed E-state index contributed by atoms with van der Waals surface area (Å²) in [6.45, 7) is 11.4. The molecule has 0 aliphatic carbocycles. The lowest BCUT2D eigenvalue weighted by atomic mass is 10.0. The van der Waals surface area contributed by atoms with Gasteiger partial charge in [-0.3, -0.25) is 0 Å². The van der Waals surface area contributed by atoms with Crippen LogP contribution in [-0.2, 0) is 19.1 Å². The molecule has 0 atom stereocenters. The van der Waals surface area contributed by atoms with Crippen molar-refractivity contribution in [1.82, 2.24) is 0 Å². The van der Waals surface area contributed by atoms with E-state index in [0.717, 1.165) is 17.5 Å². The van der Waals surface area contributed by atoms with E-state index in [4.69, 9.17) is 23.7 Å². The van der Waals surface area contributed by atoms with Gasteiger partial charge in [0.05, 0.1) is 6.61 Å². The molecule has 0 N–H and O–H groups in total. The Morgan fingerprint density at radius 1 is 0.886 bits per heavy atom. The summed E-state index contributed by atoms with van der Waals surface area (Å²) in [6.07, 6.45) is 0.823. The molecule has 3 rings (SSSR count). The summed E-state index contributed by atoms with van der Waals surface area (Å²) in [6, 6.07) is 12.2. The quantitative estimate of drug-likeness (QED) is 0.197. The predicted octanol–water partition coefficient (Wildman–Crippen LogP) is 5.26. The van der Waals surface area contributed by atoms with Gasteiger partial charge < -0.3 is 23.7 Å². The number of ether oxygens (including phenoxy) is 5. The molecule has 0 spiro atoms. The molecule has 8 heteroatoms. The van der Waals surface area contributed by atoms with Crippen molar-refractivity contribution in [3.05, 3.63) is 66.8 Å². The van der Waals surface area contributed by atoms with E-state index in [1.807, 2.05) is 6.07 Å². The molecule has 0 radical (unpaired) electrons. The monoisotopic (exact) mass is 480 g/mol. The van der Waals surface area contributed by atoms with Gasteiger partial charge in [-0.15, -0.1) is 0 Å². The Morgan fingerprint density at radius 2 is 1.49 bits per heavy atom. The minimum Gasteiger partial charge on any atom is -0.490 e. The van der Waals surface area contributed by atoms with Gasteiger partial charge in [-0.25, -0.2) is 14.4 Å². The Balaban J connectivity index is 1.69. The third kappa shape index (κ3) is 7.46. The fraction of sp³-hybridized carbons (Fsp3) is 0.296. The van der Waals surface area contributed by atoms with Gasteiger partial charge in [0.1, 0.15) is 19.0 Å². The normalized spacial score (nSPS) is 13.3. The lowest BCUT2D eigenvalue weighted by Gasteiger charge is -2.21. The maximum Gasteiger partial charge on any atom is 0.508 e. The van der Waals surface area contributed by atoms with Crippen LogP contribution in [0.4, 0.5) is 4.79 Å².